The second-order valence-corrected chi connectivity index (χ2v) is 5.45. The number of hydrogen-bond acceptors (Lipinski definition) is 2. The smallest absolute Gasteiger partial charge is 0.0233 e. The monoisotopic (exact) mass is 298 g/mol. The van der Waals surface area contributed by atoms with Crippen molar-refractivity contribution in [2.45, 2.75) is 32.9 Å². The fourth-order valence-corrected chi connectivity index (χ4v) is 2.23. The van der Waals surface area contributed by atoms with E-state index >= 15 is 0 Å². The fraction of sp³-hybridized carbons (Fsp3) is 0.571. The SMILES string of the molecule is CCNCCC(C)N(C)Cc1cccc(Br)c1. The van der Waals surface area contributed by atoms with Gasteiger partial charge in [-0.2, -0.15) is 0 Å². The van der Waals surface area contributed by atoms with Crippen LogP contribution in [0.1, 0.15) is 25.8 Å². The molecule has 1 unspecified atom stereocenters. The van der Waals surface area contributed by atoms with Gasteiger partial charge in [0.15, 0.2) is 0 Å². The van der Waals surface area contributed by atoms with E-state index in [9.17, 15) is 0 Å². The summed E-state index contributed by atoms with van der Waals surface area (Å²) in [5.74, 6) is 0. The Bertz CT molecular complexity index is 328. The molecule has 0 amide bonds. The van der Waals surface area contributed by atoms with Gasteiger partial charge in [-0.25, -0.2) is 0 Å². The van der Waals surface area contributed by atoms with E-state index in [0.717, 1.165) is 24.1 Å². The third-order valence-electron chi connectivity index (χ3n) is 3.06. The number of rotatable bonds is 7. The molecule has 0 aromatic heterocycles. The third kappa shape index (κ3) is 5.66. The average molecular weight is 299 g/mol. The van der Waals surface area contributed by atoms with Gasteiger partial charge in [0.05, 0.1) is 0 Å². The molecule has 0 radical (unpaired) electrons. The molecule has 0 spiro atoms. The molecule has 0 aliphatic carbocycles. The van der Waals surface area contributed by atoms with Gasteiger partial charge in [-0.3, -0.25) is 4.90 Å². The summed E-state index contributed by atoms with van der Waals surface area (Å²) in [5.41, 5.74) is 1.36. The second kappa shape index (κ2) is 7.85. The summed E-state index contributed by atoms with van der Waals surface area (Å²) >= 11 is 3.51. The van der Waals surface area contributed by atoms with Gasteiger partial charge in [0, 0.05) is 17.1 Å². The topological polar surface area (TPSA) is 15.3 Å². The van der Waals surface area contributed by atoms with Crippen molar-refractivity contribution in [3.63, 3.8) is 0 Å². The highest BCUT2D eigenvalue weighted by molar-refractivity contribution is 9.10. The van der Waals surface area contributed by atoms with Crippen molar-refractivity contribution in [2.24, 2.45) is 0 Å². The predicted molar refractivity (Wildman–Crippen MR) is 78.2 cm³/mol. The van der Waals surface area contributed by atoms with Gasteiger partial charge in [-0.05, 0) is 51.2 Å². The van der Waals surface area contributed by atoms with Gasteiger partial charge in [0.25, 0.3) is 0 Å². The van der Waals surface area contributed by atoms with E-state index in [1.54, 1.807) is 0 Å². The number of benzene rings is 1. The van der Waals surface area contributed by atoms with E-state index in [-0.39, 0.29) is 0 Å². The Balaban J connectivity index is 2.39. The molecule has 3 heteroatoms. The van der Waals surface area contributed by atoms with Crippen LogP contribution in [0, 0.1) is 0 Å². The van der Waals surface area contributed by atoms with Crippen molar-refractivity contribution in [3.05, 3.63) is 34.3 Å². The van der Waals surface area contributed by atoms with Crippen molar-refractivity contribution in [3.8, 4) is 0 Å². The first-order valence-corrected chi connectivity index (χ1v) is 7.08. The summed E-state index contributed by atoms with van der Waals surface area (Å²) in [7, 11) is 2.19. The molecule has 0 heterocycles. The van der Waals surface area contributed by atoms with Crippen LogP contribution in [0.25, 0.3) is 0 Å². The third-order valence-corrected chi connectivity index (χ3v) is 3.56. The minimum atomic E-state index is 0.605. The minimum absolute atomic E-state index is 0.605. The lowest BCUT2D eigenvalue weighted by Gasteiger charge is -2.25. The summed E-state index contributed by atoms with van der Waals surface area (Å²) in [6.07, 6.45) is 1.19. The van der Waals surface area contributed by atoms with Gasteiger partial charge in [0.2, 0.25) is 0 Å². The Kier molecular flexibility index (Phi) is 6.78. The molecule has 0 aliphatic heterocycles. The van der Waals surface area contributed by atoms with E-state index in [0.29, 0.717) is 6.04 Å². The van der Waals surface area contributed by atoms with Crippen molar-refractivity contribution in [1.82, 2.24) is 10.2 Å². The largest absolute Gasteiger partial charge is 0.317 e. The maximum Gasteiger partial charge on any atom is 0.0233 e. The summed E-state index contributed by atoms with van der Waals surface area (Å²) in [5, 5.41) is 3.37. The Morgan fingerprint density at radius 3 is 2.82 bits per heavy atom. The molecular weight excluding hydrogens is 276 g/mol. The van der Waals surface area contributed by atoms with Crippen LogP contribution < -0.4 is 5.32 Å². The highest BCUT2D eigenvalue weighted by atomic mass is 79.9. The Morgan fingerprint density at radius 1 is 1.41 bits per heavy atom. The zero-order valence-electron chi connectivity index (χ0n) is 11.0. The quantitative estimate of drug-likeness (QED) is 0.777. The fourth-order valence-electron chi connectivity index (χ4n) is 1.79. The first-order valence-electron chi connectivity index (χ1n) is 6.29. The van der Waals surface area contributed by atoms with Crippen LogP contribution in [0.2, 0.25) is 0 Å². The number of nitrogens with zero attached hydrogens (tertiary/aromatic N) is 1. The van der Waals surface area contributed by atoms with Crippen LogP contribution >= 0.6 is 15.9 Å². The lowest BCUT2D eigenvalue weighted by Crippen LogP contribution is -2.31. The molecule has 1 rings (SSSR count). The molecule has 1 aromatic carbocycles. The average Bonchev–Trinajstić information content (AvgIpc) is 2.29. The standard InChI is InChI=1S/C14H23BrN2/c1-4-16-9-8-12(2)17(3)11-13-6-5-7-14(15)10-13/h5-7,10,12,16H,4,8-9,11H2,1-3H3. The van der Waals surface area contributed by atoms with Gasteiger partial charge in [-0.1, -0.05) is 35.0 Å². The van der Waals surface area contributed by atoms with Crippen LogP contribution in [0.4, 0.5) is 0 Å². The van der Waals surface area contributed by atoms with E-state index in [2.05, 4.69) is 71.3 Å². The predicted octanol–water partition coefficient (Wildman–Crippen LogP) is 3.27. The molecule has 1 atom stereocenters. The molecular formula is C14H23BrN2. The summed E-state index contributed by atoms with van der Waals surface area (Å²) in [6, 6.07) is 9.13. The molecule has 2 nitrogen and oxygen atoms in total. The number of hydrogen-bond donors (Lipinski definition) is 1. The number of nitrogens with one attached hydrogen (secondary N) is 1. The molecule has 0 aliphatic rings. The van der Waals surface area contributed by atoms with Crippen molar-refractivity contribution in [1.29, 1.82) is 0 Å². The summed E-state index contributed by atoms with van der Waals surface area (Å²) in [6.45, 7) is 7.60. The highest BCUT2D eigenvalue weighted by Crippen LogP contribution is 2.14. The molecule has 0 fully saturated rings. The zero-order valence-corrected chi connectivity index (χ0v) is 12.6. The van der Waals surface area contributed by atoms with Crippen LogP contribution in [0.15, 0.2) is 28.7 Å². The van der Waals surface area contributed by atoms with Gasteiger partial charge in [-0.15, -0.1) is 0 Å². The Hall–Kier alpha value is -0.380. The summed E-state index contributed by atoms with van der Waals surface area (Å²) in [4.78, 5) is 2.40. The maximum absolute atomic E-state index is 3.51. The zero-order chi connectivity index (χ0) is 12.7. The van der Waals surface area contributed by atoms with Crippen LogP contribution in [-0.4, -0.2) is 31.1 Å². The van der Waals surface area contributed by atoms with Crippen LogP contribution in [0.5, 0.6) is 0 Å². The molecule has 1 N–H and O–H groups in total. The van der Waals surface area contributed by atoms with Crippen molar-refractivity contribution >= 4 is 15.9 Å². The molecule has 0 saturated carbocycles. The molecule has 17 heavy (non-hydrogen) atoms. The Morgan fingerprint density at radius 2 is 2.18 bits per heavy atom. The van der Waals surface area contributed by atoms with E-state index in [4.69, 9.17) is 0 Å². The lowest BCUT2D eigenvalue weighted by atomic mass is 10.1. The highest BCUT2D eigenvalue weighted by Gasteiger charge is 2.09. The van der Waals surface area contributed by atoms with Gasteiger partial charge < -0.3 is 5.32 Å². The van der Waals surface area contributed by atoms with E-state index < -0.39 is 0 Å². The van der Waals surface area contributed by atoms with Crippen LogP contribution in [0.3, 0.4) is 0 Å². The van der Waals surface area contributed by atoms with Crippen LogP contribution in [-0.2, 0) is 6.54 Å². The first kappa shape index (κ1) is 14.7. The lowest BCUT2D eigenvalue weighted by molar-refractivity contribution is 0.237. The second-order valence-electron chi connectivity index (χ2n) is 4.54. The minimum Gasteiger partial charge on any atom is -0.317 e. The van der Waals surface area contributed by atoms with Gasteiger partial charge in [0.1, 0.15) is 0 Å². The normalized spacial score (nSPS) is 13.0. The van der Waals surface area contributed by atoms with Crippen molar-refractivity contribution < 1.29 is 0 Å². The Labute approximate surface area is 114 Å². The van der Waals surface area contributed by atoms with E-state index in [1.807, 2.05) is 0 Å². The summed E-state index contributed by atoms with van der Waals surface area (Å²) < 4.78 is 1.16. The first-order chi connectivity index (χ1) is 8.13. The van der Waals surface area contributed by atoms with E-state index in [1.165, 1.54) is 12.0 Å². The van der Waals surface area contributed by atoms with Crippen molar-refractivity contribution in [2.75, 3.05) is 20.1 Å². The van der Waals surface area contributed by atoms with Gasteiger partial charge >= 0.3 is 0 Å². The molecule has 96 valence electrons. The maximum atomic E-state index is 3.51. The molecule has 1 aromatic rings. The molecule has 0 saturated heterocycles. The number of halogens is 1. The molecule has 0 bridgehead atoms.